The third kappa shape index (κ3) is 2.75. The van der Waals surface area contributed by atoms with Gasteiger partial charge in [-0.3, -0.25) is 0 Å². The molecule has 0 aliphatic carbocycles. The maximum Gasteiger partial charge on any atom is 0.0223 e. The van der Waals surface area contributed by atoms with Crippen LogP contribution in [0.2, 0.25) is 0 Å². The predicted octanol–water partition coefficient (Wildman–Crippen LogP) is 3.95. The molecule has 0 atom stereocenters. The first kappa shape index (κ1) is 12.9. The van der Waals surface area contributed by atoms with Crippen molar-refractivity contribution in [3.8, 4) is 0 Å². The molecule has 2 heteroatoms. The van der Waals surface area contributed by atoms with Gasteiger partial charge < -0.3 is 9.88 Å². The summed E-state index contributed by atoms with van der Waals surface area (Å²) in [6.07, 6.45) is 4.34. The van der Waals surface area contributed by atoms with Crippen molar-refractivity contribution in [3.63, 3.8) is 0 Å². The van der Waals surface area contributed by atoms with E-state index in [2.05, 4.69) is 77.7 Å². The number of hydrogen-bond donors (Lipinski definition) is 1. The van der Waals surface area contributed by atoms with Gasteiger partial charge in [-0.1, -0.05) is 42.5 Å². The molecule has 0 saturated heterocycles. The molecule has 0 aliphatic heterocycles. The van der Waals surface area contributed by atoms with E-state index in [0.29, 0.717) is 0 Å². The van der Waals surface area contributed by atoms with Gasteiger partial charge in [0.1, 0.15) is 0 Å². The Hall–Kier alpha value is -2.06. The molecular weight excluding hydrogens is 244 g/mol. The van der Waals surface area contributed by atoms with Crippen molar-refractivity contribution in [1.29, 1.82) is 0 Å². The highest BCUT2D eigenvalue weighted by atomic mass is 14.9. The number of hydrogen-bond acceptors (Lipinski definition) is 1. The number of fused-ring (bicyclic) bond motifs is 1. The van der Waals surface area contributed by atoms with E-state index < -0.39 is 0 Å². The molecule has 1 N–H and O–H groups in total. The van der Waals surface area contributed by atoms with Crippen LogP contribution in [-0.4, -0.2) is 4.57 Å². The Morgan fingerprint density at radius 3 is 2.65 bits per heavy atom. The summed E-state index contributed by atoms with van der Waals surface area (Å²) < 4.78 is 2.20. The first-order chi connectivity index (χ1) is 9.86. The lowest BCUT2D eigenvalue weighted by atomic mass is 10.0. The molecule has 0 fully saturated rings. The number of benzene rings is 2. The third-order valence-electron chi connectivity index (χ3n) is 3.70. The van der Waals surface area contributed by atoms with E-state index in [4.69, 9.17) is 0 Å². The summed E-state index contributed by atoms with van der Waals surface area (Å²) in [6, 6.07) is 17.2. The number of aryl methyl sites for hydroxylation is 1. The molecule has 0 bridgehead atoms. The summed E-state index contributed by atoms with van der Waals surface area (Å²) in [7, 11) is 0. The fourth-order valence-corrected chi connectivity index (χ4v) is 2.58. The van der Waals surface area contributed by atoms with Gasteiger partial charge in [0.05, 0.1) is 0 Å². The second-order valence-corrected chi connectivity index (χ2v) is 5.09. The molecule has 0 aliphatic rings. The molecule has 1 aromatic heterocycles. The van der Waals surface area contributed by atoms with Crippen molar-refractivity contribution in [2.24, 2.45) is 0 Å². The van der Waals surface area contributed by atoms with Gasteiger partial charge in [-0.25, -0.2) is 0 Å². The van der Waals surface area contributed by atoms with Crippen LogP contribution in [0.25, 0.3) is 10.8 Å². The highest BCUT2D eigenvalue weighted by Crippen LogP contribution is 2.18. The monoisotopic (exact) mass is 264 g/mol. The van der Waals surface area contributed by atoms with Gasteiger partial charge in [0, 0.05) is 32.0 Å². The lowest BCUT2D eigenvalue weighted by Gasteiger charge is -2.07. The SMILES string of the molecule is CCn1ccc(CNCc2cccc3ccccc23)c1. The van der Waals surface area contributed by atoms with Gasteiger partial charge in [0.15, 0.2) is 0 Å². The van der Waals surface area contributed by atoms with Crippen LogP contribution in [-0.2, 0) is 19.6 Å². The van der Waals surface area contributed by atoms with Crippen molar-refractivity contribution in [2.45, 2.75) is 26.6 Å². The lowest BCUT2D eigenvalue weighted by molar-refractivity contribution is 0.691. The molecule has 1 heterocycles. The van der Waals surface area contributed by atoms with Gasteiger partial charge in [0.25, 0.3) is 0 Å². The maximum atomic E-state index is 3.53. The topological polar surface area (TPSA) is 17.0 Å². The molecule has 102 valence electrons. The number of nitrogens with zero attached hydrogens (tertiary/aromatic N) is 1. The Bertz CT molecular complexity index is 692. The number of nitrogens with one attached hydrogen (secondary N) is 1. The molecular formula is C18H20N2. The van der Waals surface area contributed by atoms with Crippen LogP contribution in [0.1, 0.15) is 18.1 Å². The van der Waals surface area contributed by atoms with E-state index in [9.17, 15) is 0 Å². The Morgan fingerprint density at radius 1 is 0.950 bits per heavy atom. The zero-order chi connectivity index (χ0) is 13.8. The van der Waals surface area contributed by atoms with Crippen molar-refractivity contribution in [3.05, 3.63) is 72.1 Å². The zero-order valence-electron chi connectivity index (χ0n) is 11.8. The lowest BCUT2D eigenvalue weighted by Crippen LogP contribution is -2.12. The predicted molar refractivity (Wildman–Crippen MR) is 84.6 cm³/mol. The summed E-state index contributed by atoms with van der Waals surface area (Å²) in [5, 5.41) is 6.18. The molecule has 0 radical (unpaired) electrons. The third-order valence-corrected chi connectivity index (χ3v) is 3.70. The van der Waals surface area contributed by atoms with E-state index in [1.807, 2.05) is 0 Å². The fourth-order valence-electron chi connectivity index (χ4n) is 2.58. The van der Waals surface area contributed by atoms with Crippen molar-refractivity contribution in [2.75, 3.05) is 0 Å². The average Bonchev–Trinajstić information content (AvgIpc) is 2.95. The zero-order valence-corrected chi connectivity index (χ0v) is 11.8. The number of rotatable bonds is 5. The van der Waals surface area contributed by atoms with Gasteiger partial charge in [-0.05, 0) is 34.9 Å². The second-order valence-electron chi connectivity index (χ2n) is 5.09. The Balaban J connectivity index is 1.68. The largest absolute Gasteiger partial charge is 0.354 e. The van der Waals surface area contributed by atoms with E-state index in [1.54, 1.807) is 0 Å². The fraction of sp³-hybridized carbons (Fsp3) is 0.222. The van der Waals surface area contributed by atoms with Gasteiger partial charge >= 0.3 is 0 Å². The van der Waals surface area contributed by atoms with E-state index in [-0.39, 0.29) is 0 Å². The van der Waals surface area contributed by atoms with Crippen LogP contribution >= 0.6 is 0 Å². The van der Waals surface area contributed by atoms with E-state index in [0.717, 1.165) is 19.6 Å². The van der Waals surface area contributed by atoms with Crippen molar-refractivity contribution in [1.82, 2.24) is 9.88 Å². The van der Waals surface area contributed by atoms with Crippen LogP contribution in [0.15, 0.2) is 60.9 Å². The summed E-state index contributed by atoms with van der Waals surface area (Å²) in [4.78, 5) is 0. The maximum absolute atomic E-state index is 3.53. The molecule has 0 unspecified atom stereocenters. The summed E-state index contributed by atoms with van der Waals surface area (Å²) >= 11 is 0. The van der Waals surface area contributed by atoms with Crippen molar-refractivity contribution < 1.29 is 0 Å². The van der Waals surface area contributed by atoms with Crippen LogP contribution < -0.4 is 5.32 Å². The molecule has 2 nitrogen and oxygen atoms in total. The Kier molecular flexibility index (Phi) is 3.84. The average molecular weight is 264 g/mol. The first-order valence-corrected chi connectivity index (χ1v) is 7.19. The Labute approximate surface area is 120 Å². The standard InChI is InChI=1S/C18H20N2/c1-2-20-11-10-15(14-20)12-19-13-17-8-5-7-16-6-3-4-9-18(16)17/h3-11,14,19H,2,12-13H2,1H3. The minimum atomic E-state index is 0.901. The molecule has 0 amide bonds. The minimum Gasteiger partial charge on any atom is -0.354 e. The molecule has 0 spiro atoms. The van der Waals surface area contributed by atoms with Gasteiger partial charge in [-0.2, -0.15) is 0 Å². The highest BCUT2D eigenvalue weighted by Gasteiger charge is 2.00. The van der Waals surface area contributed by atoms with E-state index >= 15 is 0 Å². The molecule has 2 aromatic carbocycles. The number of aromatic nitrogens is 1. The van der Waals surface area contributed by atoms with Crippen LogP contribution in [0.3, 0.4) is 0 Å². The minimum absolute atomic E-state index is 0.901. The molecule has 0 saturated carbocycles. The molecule has 3 rings (SSSR count). The van der Waals surface area contributed by atoms with Crippen LogP contribution in [0.5, 0.6) is 0 Å². The summed E-state index contributed by atoms with van der Waals surface area (Å²) in [5.74, 6) is 0. The van der Waals surface area contributed by atoms with Gasteiger partial charge in [-0.15, -0.1) is 0 Å². The first-order valence-electron chi connectivity index (χ1n) is 7.19. The van der Waals surface area contributed by atoms with Crippen LogP contribution in [0, 0.1) is 0 Å². The van der Waals surface area contributed by atoms with Crippen molar-refractivity contribution >= 4 is 10.8 Å². The summed E-state index contributed by atoms with van der Waals surface area (Å²) in [5.41, 5.74) is 2.70. The van der Waals surface area contributed by atoms with Crippen LogP contribution in [0.4, 0.5) is 0 Å². The summed E-state index contributed by atoms with van der Waals surface area (Å²) in [6.45, 7) is 5.01. The van der Waals surface area contributed by atoms with Gasteiger partial charge in [0.2, 0.25) is 0 Å². The highest BCUT2D eigenvalue weighted by molar-refractivity contribution is 5.85. The smallest absolute Gasteiger partial charge is 0.0223 e. The van der Waals surface area contributed by atoms with E-state index in [1.165, 1.54) is 21.9 Å². The normalized spacial score (nSPS) is 11.1. The molecule has 20 heavy (non-hydrogen) atoms. The molecule has 3 aromatic rings. The Morgan fingerprint density at radius 2 is 1.80 bits per heavy atom. The quantitative estimate of drug-likeness (QED) is 0.738. The second kappa shape index (κ2) is 5.93.